The molecule has 0 atom stereocenters. The molecule has 4 heterocycles. The molecule has 1 saturated heterocycles. The van der Waals surface area contributed by atoms with Crippen molar-refractivity contribution in [1.29, 1.82) is 0 Å². The zero-order valence-corrected chi connectivity index (χ0v) is 23.3. The van der Waals surface area contributed by atoms with E-state index in [2.05, 4.69) is 63.5 Å². The van der Waals surface area contributed by atoms with Gasteiger partial charge in [0, 0.05) is 55.1 Å². The van der Waals surface area contributed by atoms with Crippen LogP contribution >= 0.6 is 0 Å². The highest BCUT2D eigenvalue weighted by molar-refractivity contribution is 5.97. The van der Waals surface area contributed by atoms with Crippen LogP contribution in [-0.2, 0) is 19.4 Å². The van der Waals surface area contributed by atoms with E-state index in [-0.39, 0.29) is 6.03 Å². The molecule has 0 spiro atoms. The summed E-state index contributed by atoms with van der Waals surface area (Å²) >= 11 is 0. The number of amides is 2. The molecule has 1 fully saturated rings. The summed E-state index contributed by atoms with van der Waals surface area (Å²) in [6, 6.07) is 27.0. The molecule has 6 heteroatoms. The maximum atomic E-state index is 12.9. The topological polar surface area (TPSA) is 63.1 Å². The second kappa shape index (κ2) is 11.2. The largest absolute Gasteiger partial charge is 0.347 e. The Balaban J connectivity index is 0.931. The van der Waals surface area contributed by atoms with Crippen LogP contribution in [0.15, 0.2) is 91.3 Å². The van der Waals surface area contributed by atoms with Gasteiger partial charge in [0.15, 0.2) is 0 Å². The standard InChI is InChI=1S/C35H35N5O/c41-35(37-29-14-12-27(13-15-29)26-6-2-1-3-7-26)39-22-18-25(19-23-39)11-16-33-36-20-17-32(38-33)31-24-40-21-5-9-28-8-4-10-30(31)34(28)40/h1-4,6-8,10,12-15,17,20,24-25H,5,9,11,16,18-19,21-23H2,(H,37,41). The average Bonchev–Trinajstić information content (AvgIpc) is 3.42. The molecule has 2 amide bonds. The van der Waals surface area contributed by atoms with Crippen molar-refractivity contribution < 1.29 is 4.79 Å². The highest BCUT2D eigenvalue weighted by Crippen LogP contribution is 2.34. The number of hydrogen-bond donors (Lipinski definition) is 1. The number of nitrogens with zero attached hydrogens (tertiary/aromatic N) is 4. The zero-order valence-electron chi connectivity index (χ0n) is 23.3. The first kappa shape index (κ1) is 25.5. The summed E-state index contributed by atoms with van der Waals surface area (Å²) in [5, 5.41) is 4.37. The molecule has 7 rings (SSSR count). The number of rotatable bonds is 6. The van der Waals surface area contributed by atoms with E-state index in [0.29, 0.717) is 5.92 Å². The normalized spacial score (nSPS) is 15.3. The van der Waals surface area contributed by atoms with Gasteiger partial charge in [-0.3, -0.25) is 0 Å². The van der Waals surface area contributed by atoms with Gasteiger partial charge < -0.3 is 14.8 Å². The van der Waals surface area contributed by atoms with Gasteiger partial charge in [-0.05, 0) is 72.9 Å². The number of carbonyl (C=O) groups excluding carboxylic acids is 1. The van der Waals surface area contributed by atoms with Gasteiger partial charge in [-0.25, -0.2) is 14.8 Å². The lowest BCUT2D eigenvalue weighted by Crippen LogP contribution is -2.41. The molecule has 2 aliphatic heterocycles. The van der Waals surface area contributed by atoms with Crippen molar-refractivity contribution in [2.24, 2.45) is 5.92 Å². The van der Waals surface area contributed by atoms with Crippen molar-refractivity contribution in [3.63, 3.8) is 0 Å². The summed E-state index contributed by atoms with van der Waals surface area (Å²) in [5.74, 6) is 1.49. The molecular weight excluding hydrogens is 506 g/mol. The smallest absolute Gasteiger partial charge is 0.321 e. The first-order chi connectivity index (χ1) is 20.2. The summed E-state index contributed by atoms with van der Waals surface area (Å²) in [5.41, 5.74) is 8.18. The third-order valence-electron chi connectivity index (χ3n) is 8.73. The predicted octanol–water partition coefficient (Wildman–Crippen LogP) is 7.59. The van der Waals surface area contributed by atoms with Crippen LogP contribution in [0.1, 0.15) is 37.1 Å². The van der Waals surface area contributed by atoms with Gasteiger partial charge in [0.1, 0.15) is 5.82 Å². The minimum absolute atomic E-state index is 0.0155. The maximum Gasteiger partial charge on any atom is 0.321 e. The Morgan fingerprint density at radius 3 is 2.51 bits per heavy atom. The molecule has 0 unspecified atom stereocenters. The lowest BCUT2D eigenvalue weighted by molar-refractivity contribution is 0.180. The van der Waals surface area contributed by atoms with Gasteiger partial charge in [-0.1, -0.05) is 60.7 Å². The number of benzene rings is 3. The second-order valence-electron chi connectivity index (χ2n) is 11.4. The van der Waals surface area contributed by atoms with Crippen LogP contribution in [0.5, 0.6) is 0 Å². The second-order valence-corrected chi connectivity index (χ2v) is 11.4. The van der Waals surface area contributed by atoms with Crippen molar-refractivity contribution in [1.82, 2.24) is 19.4 Å². The number of nitrogens with one attached hydrogen (secondary N) is 1. The molecule has 0 saturated carbocycles. The van der Waals surface area contributed by atoms with Crippen molar-refractivity contribution >= 4 is 22.6 Å². The Hall–Kier alpha value is -4.45. The van der Waals surface area contributed by atoms with E-state index < -0.39 is 0 Å². The number of urea groups is 1. The van der Waals surface area contributed by atoms with Gasteiger partial charge in [0.25, 0.3) is 0 Å². The van der Waals surface area contributed by atoms with Gasteiger partial charge in [0.2, 0.25) is 0 Å². The van der Waals surface area contributed by atoms with E-state index in [1.54, 1.807) is 0 Å². The summed E-state index contributed by atoms with van der Waals surface area (Å²) < 4.78 is 2.40. The molecule has 206 valence electrons. The Morgan fingerprint density at radius 2 is 1.68 bits per heavy atom. The van der Waals surface area contributed by atoms with Crippen molar-refractivity contribution in [3.05, 3.63) is 103 Å². The third-order valence-corrected chi connectivity index (χ3v) is 8.73. The van der Waals surface area contributed by atoms with Gasteiger partial charge in [-0.15, -0.1) is 0 Å². The molecule has 3 aromatic carbocycles. The zero-order chi connectivity index (χ0) is 27.6. The average molecular weight is 542 g/mol. The monoisotopic (exact) mass is 541 g/mol. The van der Waals surface area contributed by atoms with E-state index in [0.717, 1.165) is 74.5 Å². The SMILES string of the molecule is O=C(Nc1ccc(-c2ccccc2)cc1)N1CCC(CCc2nccc(-c3cn4c5c(cccc35)CCC4)n2)CC1. The third kappa shape index (κ3) is 5.34. The predicted molar refractivity (Wildman–Crippen MR) is 165 cm³/mol. The number of para-hydroxylation sites is 1. The molecule has 1 N–H and O–H groups in total. The van der Waals surface area contributed by atoms with Crippen LogP contribution in [0.4, 0.5) is 10.5 Å². The Bertz CT molecular complexity index is 1670. The van der Waals surface area contributed by atoms with E-state index in [1.807, 2.05) is 47.5 Å². The van der Waals surface area contributed by atoms with Crippen LogP contribution in [0.25, 0.3) is 33.3 Å². The van der Waals surface area contributed by atoms with Crippen LogP contribution in [0.2, 0.25) is 0 Å². The van der Waals surface area contributed by atoms with Crippen LogP contribution in [-0.4, -0.2) is 38.6 Å². The molecule has 2 aliphatic rings. The molecule has 0 radical (unpaired) electrons. The lowest BCUT2D eigenvalue weighted by Gasteiger charge is -2.32. The van der Waals surface area contributed by atoms with E-state index >= 15 is 0 Å². The van der Waals surface area contributed by atoms with Crippen LogP contribution < -0.4 is 5.32 Å². The van der Waals surface area contributed by atoms with Crippen LogP contribution in [0.3, 0.4) is 0 Å². The number of piperidine rings is 1. The summed E-state index contributed by atoms with van der Waals surface area (Å²) in [6.45, 7) is 2.63. The summed E-state index contributed by atoms with van der Waals surface area (Å²) in [7, 11) is 0. The molecule has 2 aromatic heterocycles. The first-order valence-electron chi connectivity index (χ1n) is 14.9. The molecular formula is C35H35N5O. The molecule has 6 nitrogen and oxygen atoms in total. The van der Waals surface area contributed by atoms with Crippen LogP contribution in [0, 0.1) is 5.92 Å². The number of aromatic nitrogens is 3. The van der Waals surface area contributed by atoms with E-state index in [1.165, 1.54) is 34.0 Å². The lowest BCUT2D eigenvalue weighted by atomic mass is 9.92. The van der Waals surface area contributed by atoms with E-state index in [4.69, 9.17) is 4.98 Å². The summed E-state index contributed by atoms with van der Waals surface area (Å²) in [4.78, 5) is 24.5. The Morgan fingerprint density at radius 1 is 0.878 bits per heavy atom. The van der Waals surface area contributed by atoms with Gasteiger partial charge in [0.05, 0.1) is 11.2 Å². The molecule has 0 aliphatic carbocycles. The molecule has 5 aromatic rings. The maximum absolute atomic E-state index is 12.9. The van der Waals surface area contributed by atoms with Crippen molar-refractivity contribution in [2.75, 3.05) is 18.4 Å². The minimum atomic E-state index is -0.0155. The van der Waals surface area contributed by atoms with Crippen molar-refractivity contribution in [2.45, 2.75) is 45.1 Å². The Labute approximate surface area is 241 Å². The Kier molecular flexibility index (Phi) is 6.97. The van der Waals surface area contributed by atoms with Gasteiger partial charge >= 0.3 is 6.03 Å². The highest BCUT2D eigenvalue weighted by atomic mass is 16.2. The fourth-order valence-corrected chi connectivity index (χ4v) is 6.47. The number of hydrogen-bond acceptors (Lipinski definition) is 3. The molecule has 0 bridgehead atoms. The fourth-order valence-electron chi connectivity index (χ4n) is 6.47. The first-order valence-corrected chi connectivity index (χ1v) is 14.9. The van der Waals surface area contributed by atoms with E-state index in [9.17, 15) is 4.79 Å². The highest BCUT2D eigenvalue weighted by Gasteiger charge is 2.23. The number of anilines is 1. The number of carbonyl (C=O) groups is 1. The quantitative estimate of drug-likeness (QED) is 0.241. The number of aryl methyl sites for hydroxylation is 3. The minimum Gasteiger partial charge on any atom is -0.347 e. The van der Waals surface area contributed by atoms with Crippen molar-refractivity contribution in [3.8, 4) is 22.4 Å². The van der Waals surface area contributed by atoms with Gasteiger partial charge in [-0.2, -0.15) is 0 Å². The summed E-state index contributed by atoms with van der Waals surface area (Å²) in [6.07, 6.45) is 10.5. The fraction of sp³-hybridized carbons (Fsp3) is 0.286. The molecule has 41 heavy (non-hydrogen) atoms. The number of likely N-dealkylation sites (tertiary alicyclic amines) is 1.